The van der Waals surface area contributed by atoms with Gasteiger partial charge in [0.15, 0.2) is 0 Å². The molecular weight excluding hydrogens is 536 g/mol. The van der Waals surface area contributed by atoms with E-state index < -0.39 is 8.80 Å². The number of esters is 1. The molecule has 3 N–H and O–H groups in total. The van der Waals surface area contributed by atoms with Crippen LogP contribution in [0.15, 0.2) is 0 Å². The molecule has 0 aromatic rings. The molecule has 0 aromatic heterocycles. The monoisotopic (exact) mass is 594 g/mol. The summed E-state index contributed by atoms with van der Waals surface area (Å²) in [4.78, 5) is 33.4. The summed E-state index contributed by atoms with van der Waals surface area (Å²) in [7, 11) is -2.55. The summed E-state index contributed by atoms with van der Waals surface area (Å²) in [6, 6.07) is 0.739. The van der Waals surface area contributed by atoms with Crippen molar-refractivity contribution in [2.45, 2.75) is 100 Å². The number of aliphatic hydroxyl groups excluding tert-OH is 1. The molecule has 0 aromatic carbocycles. The molecule has 4 unspecified atom stereocenters. The number of hydrogen-bond donors (Lipinski definition) is 3. The van der Waals surface area contributed by atoms with Crippen LogP contribution in [0, 0.1) is 17.8 Å². The molecule has 0 spiro atoms. The fourth-order valence-corrected chi connectivity index (χ4v) is 5.58. The van der Waals surface area contributed by atoms with E-state index in [1.165, 1.54) is 0 Å². The van der Waals surface area contributed by atoms with Crippen LogP contribution >= 0.6 is 0 Å². The van der Waals surface area contributed by atoms with Crippen molar-refractivity contribution >= 4 is 26.6 Å². The number of aliphatic hydroxyl groups is 1. The fourth-order valence-electron chi connectivity index (χ4n) is 2.96. The number of hydrogen-bond acceptors (Lipinski definition) is 9. The van der Waals surface area contributed by atoms with Crippen LogP contribution in [0.25, 0.3) is 0 Å². The lowest BCUT2D eigenvalue weighted by Crippen LogP contribution is -2.46. The van der Waals surface area contributed by atoms with Gasteiger partial charge < -0.3 is 38.5 Å². The Morgan fingerprint density at radius 2 is 1.27 bits per heavy atom. The number of amides is 2. The smallest absolute Gasteiger partial charge is 0.463 e. The lowest BCUT2D eigenvalue weighted by atomic mass is 10.1. The molecule has 0 radical (unpaired) electrons. The summed E-state index contributed by atoms with van der Waals surface area (Å²) in [6.45, 7) is 20.7. The summed E-state index contributed by atoms with van der Waals surface area (Å²) in [6.07, 6.45) is 3.51. The van der Waals surface area contributed by atoms with Gasteiger partial charge in [-0.15, -0.1) is 0 Å². The van der Waals surface area contributed by atoms with Crippen molar-refractivity contribution in [1.82, 2.24) is 10.6 Å². The van der Waals surface area contributed by atoms with Crippen LogP contribution in [0.2, 0.25) is 6.04 Å². The van der Waals surface area contributed by atoms with Gasteiger partial charge in [0.2, 0.25) is 11.8 Å². The van der Waals surface area contributed by atoms with Crippen LogP contribution in [0.3, 0.4) is 0 Å². The Morgan fingerprint density at radius 1 is 0.825 bits per heavy atom. The molecule has 1 rings (SSSR count). The molecule has 0 aliphatic carbocycles. The van der Waals surface area contributed by atoms with Gasteiger partial charge in [0, 0.05) is 44.2 Å². The quantitative estimate of drug-likeness (QED) is 0.0671. The van der Waals surface area contributed by atoms with Crippen molar-refractivity contribution in [3.63, 3.8) is 0 Å². The molecule has 1 fully saturated rings. The van der Waals surface area contributed by atoms with Crippen LogP contribution in [0.4, 0.5) is 0 Å². The van der Waals surface area contributed by atoms with Gasteiger partial charge in [-0.3, -0.25) is 14.4 Å². The maximum atomic E-state index is 11.7. The number of rotatable bonds is 19. The molecule has 4 atom stereocenters. The standard InChI is InChI=1S/C14H31NO4Si.C8H14O3.C6H13NO2/c1-6-13(5)14(16)15-11-10-12-20(17-7-2,18-8-3)19-9-4;1-3-6(2)8(9)11-5-7-4-10-7;1-3-5(2)6(9)7-4-8/h13H,6-12H2,1-5H3,(H,15,16);6-7H,3-5H2,1-2H3;5,8H,3-4H2,1-2H3,(H,7,9). The van der Waals surface area contributed by atoms with Crippen LogP contribution in [-0.4, -0.2) is 84.1 Å². The van der Waals surface area contributed by atoms with E-state index in [-0.39, 0.29) is 48.4 Å². The highest BCUT2D eigenvalue weighted by atomic mass is 28.4. The molecule has 11 nitrogen and oxygen atoms in total. The minimum Gasteiger partial charge on any atom is -0.463 e. The summed E-state index contributed by atoms with van der Waals surface area (Å²) in [5, 5.41) is 13.5. The van der Waals surface area contributed by atoms with Gasteiger partial charge in [0.1, 0.15) is 19.4 Å². The Labute approximate surface area is 243 Å². The van der Waals surface area contributed by atoms with Crippen molar-refractivity contribution in [1.29, 1.82) is 0 Å². The summed E-state index contributed by atoms with van der Waals surface area (Å²) >= 11 is 0. The normalized spacial score (nSPS) is 16.2. The second-order valence-corrected chi connectivity index (χ2v) is 12.3. The maximum absolute atomic E-state index is 11.7. The molecule has 12 heteroatoms. The van der Waals surface area contributed by atoms with Crippen LogP contribution in [0.1, 0.15) is 88.0 Å². The molecule has 1 aliphatic rings. The Kier molecular flexibility index (Phi) is 25.5. The zero-order valence-electron chi connectivity index (χ0n) is 26.5. The van der Waals surface area contributed by atoms with E-state index in [0.717, 1.165) is 38.3 Å². The Balaban J connectivity index is 0. The van der Waals surface area contributed by atoms with E-state index in [1.807, 2.05) is 62.3 Å². The minimum absolute atomic E-state index is 0.0112. The van der Waals surface area contributed by atoms with E-state index >= 15 is 0 Å². The maximum Gasteiger partial charge on any atom is 0.500 e. The number of ether oxygens (including phenoxy) is 2. The van der Waals surface area contributed by atoms with Gasteiger partial charge in [0.25, 0.3) is 0 Å². The minimum atomic E-state index is -2.55. The first-order chi connectivity index (χ1) is 19.0. The number of carbonyl (C=O) groups excluding carboxylic acids is 3. The molecular formula is C28H58N2O9Si. The fraction of sp³-hybridized carbons (Fsp3) is 0.893. The van der Waals surface area contributed by atoms with Gasteiger partial charge in [-0.05, 0) is 46.5 Å². The third-order valence-electron chi connectivity index (χ3n) is 6.25. The molecule has 1 heterocycles. The number of nitrogens with one attached hydrogen (secondary N) is 2. The highest BCUT2D eigenvalue weighted by Gasteiger charge is 2.39. The van der Waals surface area contributed by atoms with Crippen LogP contribution < -0.4 is 10.6 Å². The second-order valence-electron chi connectivity index (χ2n) is 9.59. The molecule has 40 heavy (non-hydrogen) atoms. The largest absolute Gasteiger partial charge is 0.500 e. The van der Waals surface area contributed by atoms with E-state index in [4.69, 9.17) is 27.9 Å². The van der Waals surface area contributed by atoms with Gasteiger partial charge in [-0.1, -0.05) is 41.5 Å². The molecule has 2 amide bonds. The average Bonchev–Trinajstić information content (AvgIpc) is 3.78. The van der Waals surface area contributed by atoms with Gasteiger partial charge in [0.05, 0.1) is 12.5 Å². The summed E-state index contributed by atoms with van der Waals surface area (Å²) in [5.74, 6) is 0.0283. The van der Waals surface area contributed by atoms with Gasteiger partial charge >= 0.3 is 14.8 Å². The third-order valence-corrected chi connectivity index (χ3v) is 9.40. The first-order valence-corrected chi connectivity index (χ1v) is 16.8. The topological polar surface area (TPSA) is 145 Å². The zero-order valence-corrected chi connectivity index (χ0v) is 27.5. The zero-order chi connectivity index (χ0) is 31.0. The molecule has 0 bridgehead atoms. The van der Waals surface area contributed by atoms with Crippen molar-refractivity contribution in [3.8, 4) is 0 Å². The van der Waals surface area contributed by atoms with E-state index in [0.29, 0.717) is 33.0 Å². The predicted molar refractivity (Wildman–Crippen MR) is 157 cm³/mol. The van der Waals surface area contributed by atoms with E-state index in [1.54, 1.807) is 0 Å². The predicted octanol–water partition coefficient (Wildman–Crippen LogP) is 3.66. The van der Waals surface area contributed by atoms with Gasteiger partial charge in [-0.25, -0.2) is 0 Å². The molecule has 1 aliphatic heterocycles. The van der Waals surface area contributed by atoms with Crippen molar-refractivity contribution in [2.24, 2.45) is 17.8 Å². The molecule has 0 saturated carbocycles. The first kappa shape index (κ1) is 40.6. The van der Waals surface area contributed by atoms with Crippen LogP contribution in [0.5, 0.6) is 0 Å². The highest BCUT2D eigenvalue weighted by molar-refractivity contribution is 6.60. The lowest BCUT2D eigenvalue weighted by Gasteiger charge is -2.28. The third kappa shape index (κ3) is 20.3. The summed E-state index contributed by atoms with van der Waals surface area (Å²) < 4.78 is 27.2. The average molecular weight is 595 g/mol. The van der Waals surface area contributed by atoms with Crippen molar-refractivity contribution < 1.29 is 42.2 Å². The molecule has 238 valence electrons. The Bertz CT molecular complexity index is 649. The number of epoxide rings is 1. The summed E-state index contributed by atoms with van der Waals surface area (Å²) in [5.41, 5.74) is 0. The highest BCUT2D eigenvalue weighted by Crippen LogP contribution is 2.18. The van der Waals surface area contributed by atoms with E-state index in [2.05, 4.69) is 10.6 Å². The van der Waals surface area contributed by atoms with E-state index in [9.17, 15) is 14.4 Å². The second kappa shape index (κ2) is 25.2. The lowest BCUT2D eigenvalue weighted by molar-refractivity contribution is -0.148. The van der Waals surface area contributed by atoms with Crippen molar-refractivity contribution in [3.05, 3.63) is 0 Å². The van der Waals surface area contributed by atoms with Crippen molar-refractivity contribution in [2.75, 3.05) is 46.3 Å². The van der Waals surface area contributed by atoms with Gasteiger partial charge in [-0.2, -0.15) is 0 Å². The Morgan fingerprint density at radius 3 is 1.65 bits per heavy atom. The SMILES string of the molecule is CCC(C)C(=O)NCO.CCC(C)C(=O)OCC1CO1.CCO[Si](CCCNC(=O)C(C)CC)(OCC)OCC. The number of carbonyl (C=O) groups is 3. The Hall–Kier alpha value is -1.57. The van der Waals surface area contributed by atoms with Crippen LogP contribution in [-0.2, 0) is 37.1 Å². The first-order valence-electron chi connectivity index (χ1n) is 14.9. The molecule has 1 saturated heterocycles.